The molecule has 5 nitrogen and oxygen atoms in total. The van der Waals surface area contributed by atoms with Gasteiger partial charge in [-0.05, 0) is 57.5 Å². The van der Waals surface area contributed by atoms with E-state index in [1.54, 1.807) is 0 Å². The first-order valence-electron chi connectivity index (χ1n) is 10.1. The molecule has 0 atom stereocenters. The minimum Gasteiger partial charge on any atom is -0.356 e. The summed E-state index contributed by atoms with van der Waals surface area (Å²) in [4.78, 5) is 9.54. The maximum absolute atomic E-state index is 4.38. The molecule has 0 bridgehead atoms. The van der Waals surface area contributed by atoms with Gasteiger partial charge in [0, 0.05) is 45.8 Å². The van der Waals surface area contributed by atoms with Crippen LogP contribution in [0.15, 0.2) is 4.99 Å². The van der Waals surface area contributed by atoms with Crippen LogP contribution in [-0.2, 0) is 0 Å². The molecule has 0 radical (unpaired) electrons. The Bertz CT molecular complexity index is 355. The van der Waals surface area contributed by atoms with Crippen LogP contribution in [0.1, 0.15) is 52.4 Å². The topological polar surface area (TPSA) is 42.9 Å². The molecule has 2 fully saturated rings. The van der Waals surface area contributed by atoms with E-state index in [9.17, 15) is 0 Å². The van der Waals surface area contributed by atoms with Crippen molar-refractivity contribution in [3.8, 4) is 0 Å². The Morgan fingerprint density at radius 2 is 1.67 bits per heavy atom. The Morgan fingerprint density at radius 1 is 1.00 bits per heavy atom. The number of piperazine rings is 1. The fourth-order valence-corrected chi connectivity index (χ4v) is 3.79. The summed E-state index contributed by atoms with van der Waals surface area (Å²) >= 11 is 0. The molecule has 1 aliphatic heterocycles. The number of hydrogen-bond acceptors (Lipinski definition) is 3. The second-order valence-corrected chi connectivity index (χ2v) is 7.58. The fraction of sp³-hybridized carbons (Fsp3) is 0.947. The minimum atomic E-state index is 0.613. The van der Waals surface area contributed by atoms with Crippen molar-refractivity contribution >= 4 is 5.96 Å². The van der Waals surface area contributed by atoms with Gasteiger partial charge in [-0.2, -0.15) is 0 Å². The smallest absolute Gasteiger partial charge is 0.191 e. The number of nitrogens with one attached hydrogen (secondary N) is 2. The SMILES string of the molecule is CCN1CCN(CCCCNC(=NC)NC2CCC(C)CC2)CC1. The van der Waals surface area contributed by atoms with Gasteiger partial charge in [-0.15, -0.1) is 0 Å². The Labute approximate surface area is 149 Å². The van der Waals surface area contributed by atoms with Crippen molar-refractivity contribution < 1.29 is 0 Å². The van der Waals surface area contributed by atoms with Crippen molar-refractivity contribution in [1.82, 2.24) is 20.4 Å². The number of aliphatic imine (C=N–C) groups is 1. The molecule has 0 amide bonds. The van der Waals surface area contributed by atoms with E-state index < -0.39 is 0 Å². The van der Waals surface area contributed by atoms with Gasteiger partial charge < -0.3 is 20.4 Å². The van der Waals surface area contributed by atoms with E-state index in [1.807, 2.05) is 7.05 Å². The molecule has 0 aromatic rings. The molecule has 0 aromatic heterocycles. The molecule has 0 aromatic carbocycles. The summed E-state index contributed by atoms with van der Waals surface area (Å²) in [5.41, 5.74) is 0. The average Bonchev–Trinajstić information content (AvgIpc) is 2.62. The van der Waals surface area contributed by atoms with Gasteiger partial charge >= 0.3 is 0 Å². The number of guanidine groups is 1. The molecule has 0 spiro atoms. The Hall–Kier alpha value is -0.810. The Kier molecular flexibility index (Phi) is 8.89. The largest absolute Gasteiger partial charge is 0.356 e. The minimum absolute atomic E-state index is 0.613. The average molecular weight is 338 g/mol. The van der Waals surface area contributed by atoms with E-state index in [0.29, 0.717) is 6.04 Å². The van der Waals surface area contributed by atoms with Crippen molar-refractivity contribution in [1.29, 1.82) is 0 Å². The first-order chi connectivity index (χ1) is 11.7. The highest BCUT2D eigenvalue weighted by Crippen LogP contribution is 2.23. The molecular formula is C19H39N5. The molecule has 140 valence electrons. The zero-order chi connectivity index (χ0) is 17.2. The number of likely N-dealkylation sites (N-methyl/N-ethyl adjacent to an activating group) is 1. The van der Waals surface area contributed by atoms with Crippen LogP contribution < -0.4 is 10.6 Å². The quantitative estimate of drug-likeness (QED) is 0.424. The van der Waals surface area contributed by atoms with Gasteiger partial charge in [-0.3, -0.25) is 4.99 Å². The number of unbranched alkanes of at least 4 members (excludes halogenated alkanes) is 1. The van der Waals surface area contributed by atoms with Crippen molar-refractivity contribution in [3.63, 3.8) is 0 Å². The number of hydrogen-bond donors (Lipinski definition) is 2. The van der Waals surface area contributed by atoms with Crippen LogP contribution in [0.3, 0.4) is 0 Å². The molecule has 2 rings (SSSR count). The van der Waals surface area contributed by atoms with Gasteiger partial charge in [0.1, 0.15) is 0 Å². The zero-order valence-corrected chi connectivity index (χ0v) is 16.2. The van der Waals surface area contributed by atoms with E-state index in [2.05, 4.69) is 39.3 Å². The molecule has 2 N–H and O–H groups in total. The van der Waals surface area contributed by atoms with Crippen LogP contribution >= 0.6 is 0 Å². The summed E-state index contributed by atoms with van der Waals surface area (Å²) in [7, 11) is 1.88. The van der Waals surface area contributed by atoms with Crippen LogP contribution in [0, 0.1) is 5.92 Å². The van der Waals surface area contributed by atoms with Crippen LogP contribution in [0.2, 0.25) is 0 Å². The van der Waals surface area contributed by atoms with Crippen molar-refractivity contribution in [2.75, 3.05) is 52.9 Å². The Balaban J connectivity index is 1.51. The third-order valence-electron chi connectivity index (χ3n) is 5.69. The number of rotatable bonds is 7. The van der Waals surface area contributed by atoms with Gasteiger partial charge in [0.25, 0.3) is 0 Å². The van der Waals surface area contributed by atoms with Crippen molar-refractivity contribution in [3.05, 3.63) is 0 Å². The van der Waals surface area contributed by atoms with E-state index in [1.165, 1.54) is 77.8 Å². The Morgan fingerprint density at radius 3 is 2.29 bits per heavy atom. The van der Waals surface area contributed by atoms with Crippen LogP contribution in [0.25, 0.3) is 0 Å². The highest BCUT2D eigenvalue weighted by atomic mass is 15.3. The van der Waals surface area contributed by atoms with E-state index >= 15 is 0 Å². The maximum Gasteiger partial charge on any atom is 0.191 e. The highest BCUT2D eigenvalue weighted by molar-refractivity contribution is 5.79. The molecule has 5 heteroatoms. The van der Waals surface area contributed by atoms with E-state index in [-0.39, 0.29) is 0 Å². The summed E-state index contributed by atoms with van der Waals surface area (Å²) in [5, 5.41) is 7.09. The molecule has 1 aliphatic carbocycles. The zero-order valence-electron chi connectivity index (χ0n) is 16.2. The summed E-state index contributed by atoms with van der Waals surface area (Å²) in [6.45, 7) is 13.1. The third kappa shape index (κ3) is 6.98. The second-order valence-electron chi connectivity index (χ2n) is 7.58. The van der Waals surface area contributed by atoms with Crippen molar-refractivity contribution in [2.45, 2.75) is 58.4 Å². The summed E-state index contributed by atoms with van der Waals surface area (Å²) < 4.78 is 0. The molecular weight excluding hydrogens is 298 g/mol. The predicted molar refractivity (Wildman–Crippen MR) is 104 cm³/mol. The van der Waals surface area contributed by atoms with Crippen molar-refractivity contribution in [2.24, 2.45) is 10.9 Å². The lowest BCUT2D eigenvalue weighted by Crippen LogP contribution is -2.46. The van der Waals surface area contributed by atoms with Crippen LogP contribution in [0.5, 0.6) is 0 Å². The third-order valence-corrected chi connectivity index (χ3v) is 5.69. The van der Waals surface area contributed by atoms with E-state index in [4.69, 9.17) is 0 Å². The summed E-state index contributed by atoms with van der Waals surface area (Å²) in [5.74, 6) is 1.89. The van der Waals surface area contributed by atoms with E-state index in [0.717, 1.165) is 18.4 Å². The monoisotopic (exact) mass is 337 g/mol. The highest BCUT2D eigenvalue weighted by Gasteiger charge is 2.19. The normalized spacial score (nSPS) is 27.2. The first-order valence-corrected chi connectivity index (χ1v) is 10.1. The van der Waals surface area contributed by atoms with Gasteiger partial charge in [0.2, 0.25) is 0 Å². The van der Waals surface area contributed by atoms with Crippen LogP contribution in [0.4, 0.5) is 0 Å². The lowest BCUT2D eigenvalue weighted by atomic mass is 9.87. The van der Waals surface area contributed by atoms with Gasteiger partial charge in [0.05, 0.1) is 0 Å². The second kappa shape index (κ2) is 10.9. The lowest BCUT2D eigenvalue weighted by Gasteiger charge is -2.34. The molecule has 0 unspecified atom stereocenters. The summed E-state index contributed by atoms with van der Waals surface area (Å²) in [6.07, 6.45) is 7.75. The van der Waals surface area contributed by atoms with Gasteiger partial charge in [0.15, 0.2) is 5.96 Å². The number of nitrogens with zero attached hydrogens (tertiary/aromatic N) is 3. The fourth-order valence-electron chi connectivity index (χ4n) is 3.79. The summed E-state index contributed by atoms with van der Waals surface area (Å²) in [6, 6.07) is 0.613. The molecule has 1 heterocycles. The molecule has 24 heavy (non-hydrogen) atoms. The molecule has 1 saturated heterocycles. The van der Waals surface area contributed by atoms with Gasteiger partial charge in [-0.1, -0.05) is 13.8 Å². The lowest BCUT2D eigenvalue weighted by molar-refractivity contribution is 0.136. The maximum atomic E-state index is 4.38. The molecule has 2 aliphatic rings. The first kappa shape index (κ1) is 19.5. The predicted octanol–water partition coefficient (Wildman–Crippen LogP) is 2.15. The van der Waals surface area contributed by atoms with Gasteiger partial charge in [-0.25, -0.2) is 0 Å². The standard InChI is InChI=1S/C19H39N5/c1-4-23-13-15-24(16-14-23)12-6-5-11-21-19(20-3)22-18-9-7-17(2)8-10-18/h17-18H,4-16H2,1-3H3,(H2,20,21,22). The molecule has 1 saturated carbocycles. The van der Waals surface area contributed by atoms with Crippen LogP contribution in [-0.4, -0.2) is 74.7 Å².